The first kappa shape index (κ1) is 25.5. The molecule has 1 aromatic carbocycles. The minimum absolute atomic E-state index is 0.0731. The van der Waals surface area contributed by atoms with Gasteiger partial charge < -0.3 is 24.6 Å². The van der Waals surface area contributed by atoms with E-state index in [1.54, 1.807) is 31.8 Å². The Balaban J connectivity index is 1.55. The number of aliphatic hydroxyl groups is 1. The lowest BCUT2D eigenvalue weighted by atomic mass is 9.80. The average Bonchev–Trinajstić information content (AvgIpc) is 3.34. The van der Waals surface area contributed by atoms with Crippen LogP contribution in [0, 0.1) is 5.82 Å². The van der Waals surface area contributed by atoms with Crippen molar-refractivity contribution in [3.63, 3.8) is 0 Å². The van der Waals surface area contributed by atoms with Crippen LogP contribution in [0.3, 0.4) is 0 Å². The van der Waals surface area contributed by atoms with Gasteiger partial charge in [0.15, 0.2) is 5.69 Å². The van der Waals surface area contributed by atoms with Gasteiger partial charge in [0.25, 0.3) is 5.91 Å². The summed E-state index contributed by atoms with van der Waals surface area (Å²) in [4.78, 5) is 24.8. The second kappa shape index (κ2) is 11.1. The molecule has 9 heteroatoms. The highest BCUT2D eigenvalue weighted by atomic mass is 19.1. The lowest BCUT2D eigenvalue weighted by molar-refractivity contribution is -0.0893. The largest absolute Gasteiger partial charge is 0.385 e. The quantitative estimate of drug-likeness (QED) is 0.510. The van der Waals surface area contributed by atoms with E-state index in [1.807, 2.05) is 27.8 Å². The Bertz CT molecular complexity index is 1220. The molecular formula is C28H34FN5O3. The van der Waals surface area contributed by atoms with Crippen molar-refractivity contribution in [1.82, 2.24) is 24.8 Å². The molecule has 1 amide bonds. The van der Waals surface area contributed by atoms with Gasteiger partial charge >= 0.3 is 0 Å². The number of aromatic nitrogens is 3. The number of methoxy groups -OCH3 is 1. The van der Waals surface area contributed by atoms with E-state index < -0.39 is 11.4 Å². The number of nitrogens with zero attached hydrogens (tertiary/aromatic N) is 4. The van der Waals surface area contributed by atoms with Crippen LogP contribution in [0.25, 0.3) is 11.3 Å². The maximum atomic E-state index is 14.4. The van der Waals surface area contributed by atoms with Crippen LogP contribution in [0.1, 0.15) is 47.8 Å². The molecule has 8 nitrogen and oxygen atoms in total. The molecule has 5 rings (SSSR count). The number of carbonyl (C=O) groups excluding carboxylic acids is 1. The predicted octanol–water partition coefficient (Wildman–Crippen LogP) is 3.23. The highest BCUT2D eigenvalue weighted by Crippen LogP contribution is 2.41. The SMILES string of the molecule is COC[C@]1(O)CCCC[C@H]1n1cnc(C(=O)N2CCNC[C@H]2Cc2cccnc2)c1-c1cccc(F)c1. The molecule has 1 saturated carbocycles. The molecule has 2 aliphatic rings. The van der Waals surface area contributed by atoms with Crippen LogP contribution in [0.2, 0.25) is 0 Å². The molecule has 0 bridgehead atoms. The first-order chi connectivity index (χ1) is 18.0. The summed E-state index contributed by atoms with van der Waals surface area (Å²) in [6, 6.07) is 9.72. The van der Waals surface area contributed by atoms with E-state index in [-0.39, 0.29) is 30.3 Å². The number of amides is 1. The summed E-state index contributed by atoms with van der Waals surface area (Å²) in [6.45, 7) is 2.05. The highest BCUT2D eigenvalue weighted by molar-refractivity contribution is 5.98. The molecule has 37 heavy (non-hydrogen) atoms. The third-order valence-electron chi connectivity index (χ3n) is 7.59. The van der Waals surface area contributed by atoms with Gasteiger partial charge in [0.1, 0.15) is 11.4 Å². The lowest BCUT2D eigenvalue weighted by Crippen LogP contribution is -2.54. The van der Waals surface area contributed by atoms with E-state index in [0.29, 0.717) is 50.2 Å². The second-order valence-corrected chi connectivity index (χ2v) is 10.1. The van der Waals surface area contributed by atoms with Crippen LogP contribution in [0.15, 0.2) is 55.1 Å². The predicted molar refractivity (Wildman–Crippen MR) is 138 cm³/mol. The summed E-state index contributed by atoms with van der Waals surface area (Å²) in [5.74, 6) is -0.587. The maximum absolute atomic E-state index is 14.4. The van der Waals surface area contributed by atoms with Crippen molar-refractivity contribution in [3.8, 4) is 11.3 Å². The van der Waals surface area contributed by atoms with E-state index in [9.17, 15) is 14.3 Å². The van der Waals surface area contributed by atoms with Crippen molar-refractivity contribution in [1.29, 1.82) is 0 Å². The van der Waals surface area contributed by atoms with E-state index in [1.165, 1.54) is 12.1 Å². The zero-order valence-corrected chi connectivity index (χ0v) is 21.1. The van der Waals surface area contributed by atoms with Gasteiger partial charge in [-0.05, 0) is 43.0 Å². The number of benzene rings is 1. The topological polar surface area (TPSA) is 92.5 Å². The zero-order valence-electron chi connectivity index (χ0n) is 21.1. The Kier molecular flexibility index (Phi) is 7.64. The van der Waals surface area contributed by atoms with Crippen LogP contribution in [-0.4, -0.2) is 75.4 Å². The fourth-order valence-corrected chi connectivity index (χ4v) is 5.83. The molecular weight excluding hydrogens is 473 g/mol. The van der Waals surface area contributed by atoms with Gasteiger partial charge in [-0.15, -0.1) is 0 Å². The van der Waals surface area contributed by atoms with Gasteiger partial charge in [-0.3, -0.25) is 9.78 Å². The molecule has 3 atom stereocenters. The third kappa shape index (κ3) is 5.30. The molecule has 1 saturated heterocycles. The van der Waals surface area contributed by atoms with Crippen LogP contribution >= 0.6 is 0 Å². The molecule has 3 aromatic rings. The number of piperazine rings is 1. The zero-order chi connectivity index (χ0) is 25.8. The summed E-state index contributed by atoms with van der Waals surface area (Å²) in [6.07, 6.45) is 8.98. The van der Waals surface area contributed by atoms with E-state index in [4.69, 9.17) is 4.74 Å². The molecule has 0 unspecified atom stereocenters. The fraction of sp³-hybridized carbons (Fsp3) is 0.464. The minimum atomic E-state index is -1.10. The standard InChI is InChI=1S/C28H34FN5O3/c1-37-18-28(36)10-3-2-9-24(28)34-19-32-25(26(34)21-7-4-8-22(29)15-21)27(35)33-13-12-31-17-23(33)14-20-6-5-11-30-16-20/h4-8,11,15-16,19,23-24,31,36H,2-3,9-10,12-14,17-18H2,1H3/t23-,24-,28-/m1/s1. The smallest absolute Gasteiger partial charge is 0.275 e. The maximum Gasteiger partial charge on any atom is 0.275 e. The summed E-state index contributed by atoms with van der Waals surface area (Å²) in [5, 5.41) is 14.9. The summed E-state index contributed by atoms with van der Waals surface area (Å²) >= 11 is 0. The summed E-state index contributed by atoms with van der Waals surface area (Å²) in [7, 11) is 1.58. The minimum Gasteiger partial charge on any atom is -0.385 e. The number of hydrogen-bond acceptors (Lipinski definition) is 6. The number of nitrogens with one attached hydrogen (secondary N) is 1. The molecule has 196 valence electrons. The first-order valence-electron chi connectivity index (χ1n) is 12.9. The van der Waals surface area contributed by atoms with Crippen molar-refractivity contribution in [2.75, 3.05) is 33.4 Å². The van der Waals surface area contributed by atoms with Crippen molar-refractivity contribution in [3.05, 3.63) is 72.2 Å². The molecule has 2 aromatic heterocycles. The van der Waals surface area contributed by atoms with Crippen LogP contribution in [0.4, 0.5) is 4.39 Å². The number of carbonyl (C=O) groups is 1. The van der Waals surface area contributed by atoms with Crippen molar-refractivity contribution in [2.24, 2.45) is 0 Å². The number of ether oxygens (including phenoxy) is 1. The number of halogens is 1. The van der Waals surface area contributed by atoms with E-state index in [0.717, 1.165) is 18.4 Å². The molecule has 1 aliphatic heterocycles. The van der Waals surface area contributed by atoms with Gasteiger partial charge in [0.2, 0.25) is 0 Å². The molecule has 1 aliphatic carbocycles. The molecule has 0 spiro atoms. The van der Waals surface area contributed by atoms with Gasteiger partial charge in [0, 0.05) is 50.7 Å². The van der Waals surface area contributed by atoms with E-state index in [2.05, 4.69) is 15.3 Å². The molecule has 3 heterocycles. The highest BCUT2D eigenvalue weighted by Gasteiger charge is 2.42. The van der Waals surface area contributed by atoms with Gasteiger partial charge in [0.05, 0.1) is 24.7 Å². The third-order valence-corrected chi connectivity index (χ3v) is 7.59. The Morgan fingerprint density at radius 2 is 2.19 bits per heavy atom. The van der Waals surface area contributed by atoms with Gasteiger partial charge in [-0.1, -0.05) is 31.0 Å². The van der Waals surface area contributed by atoms with Crippen molar-refractivity contribution >= 4 is 5.91 Å². The number of hydrogen-bond donors (Lipinski definition) is 2. The van der Waals surface area contributed by atoms with E-state index >= 15 is 0 Å². The van der Waals surface area contributed by atoms with Crippen LogP contribution in [0.5, 0.6) is 0 Å². The number of pyridine rings is 1. The molecule has 2 fully saturated rings. The first-order valence-corrected chi connectivity index (χ1v) is 12.9. The average molecular weight is 508 g/mol. The Morgan fingerprint density at radius 1 is 1.30 bits per heavy atom. The van der Waals surface area contributed by atoms with Crippen molar-refractivity contribution in [2.45, 2.75) is 49.8 Å². The molecule has 2 N–H and O–H groups in total. The monoisotopic (exact) mass is 507 g/mol. The van der Waals surface area contributed by atoms with Gasteiger partial charge in [-0.25, -0.2) is 9.37 Å². The van der Waals surface area contributed by atoms with Crippen LogP contribution in [-0.2, 0) is 11.2 Å². The summed E-state index contributed by atoms with van der Waals surface area (Å²) in [5.41, 5.74) is 1.31. The van der Waals surface area contributed by atoms with Crippen molar-refractivity contribution < 1.29 is 19.0 Å². The molecule has 0 radical (unpaired) electrons. The van der Waals surface area contributed by atoms with Crippen LogP contribution < -0.4 is 5.32 Å². The second-order valence-electron chi connectivity index (χ2n) is 10.1. The lowest BCUT2D eigenvalue weighted by Gasteiger charge is -2.41. The number of imidazole rings is 1. The summed E-state index contributed by atoms with van der Waals surface area (Å²) < 4.78 is 21.7. The number of rotatable bonds is 7. The normalized spacial score (nSPS) is 24.2. The Hall–Kier alpha value is -3.14. The fourth-order valence-electron chi connectivity index (χ4n) is 5.83. The van der Waals surface area contributed by atoms with Gasteiger partial charge in [-0.2, -0.15) is 0 Å². The Morgan fingerprint density at radius 3 is 2.97 bits per heavy atom. The Labute approximate surface area is 216 Å².